The lowest BCUT2D eigenvalue weighted by atomic mass is 10.2. The van der Waals surface area contributed by atoms with Crippen molar-refractivity contribution in [1.29, 1.82) is 0 Å². The second-order valence-electron chi connectivity index (χ2n) is 5.93. The van der Waals surface area contributed by atoms with Crippen LogP contribution in [0, 0.1) is 0 Å². The fourth-order valence-electron chi connectivity index (χ4n) is 2.82. The summed E-state index contributed by atoms with van der Waals surface area (Å²) >= 11 is 0. The van der Waals surface area contributed by atoms with Gasteiger partial charge in [-0.1, -0.05) is 12.1 Å². The SMILES string of the molecule is C[C@@H]1CCCN1c1ncnc(Nc2cccc(CS(N)(=O)=O)c2)n1. The zero-order valence-corrected chi connectivity index (χ0v) is 14.2. The zero-order valence-electron chi connectivity index (χ0n) is 13.4. The number of sulfonamides is 1. The number of rotatable bonds is 5. The molecule has 1 saturated heterocycles. The van der Waals surface area contributed by atoms with E-state index in [4.69, 9.17) is 5.14 Å². The first-order chi connectivity index (χ1) is 11.4. The molecule has 1 aromatic carbocycles. The lowest BCUT2D eigenvalue weighted by Gasteiger charge is -2.21. The summed E-state index contributed by atoms with van der Waals surface area (Å²) in [5, 5.41) is 8.17. The molecule has 8 nitrogen and oxygen atoms in total. The van der Waals surface area contributed by atoms with E-state index in [0.717, 1.165) is 19.4 Å². The van der Waals surface area contributed by atoms with Crippen LogP contribution in [0.15, 0.2) is 30.6 Å². The molecule has 1 aliphatic rings. The van der Waals surface area contributed by atoms with Crippen molar-refractivity contribution in [3.05, 3.63) is 36.2 Å². The number of hydrogen-bond acceptors (Lipinski definition) is 7. The number of nitrogens with zero attached hydrogens (tertiary/aromatic N) is 4. The summed E-state index contributed by atoms with van der Waals surface area (Å²) in [6.07, 6.45) is 3.74. The highest BCUT2D eigenvalue weighted by Gasteiger charge is 2.23. The maximum Gasteiger partial charge on any atom is 0.231 e. The van der Waals surface area contributed by atoms with Gasteiger partial charge in [-0.25, -0.2) is 23.5 Å². The minimum Gasteiger partial charge on any atom is -0.338 e. The summed E-state index contributed by atoms with van der Waals surface area (Å²) in [5.74, 6) is 0.862. The van der Waals surface area contributed by atoms with Crippen molar-refractivity contribution in [2.75, 3.05) is 16.8 Å². The summed E-state index contributed by atoms with van der Waals surface area (Å²) < 4.78 is 22.4. The third-order valence-corrected chi connectivity index (χ3v) is 4.66. The first-order valence-corrected chi connectivity index (χ1v) is 9.44. The summed E-state index contributed by atoms with van der Waals surface area (Å²) in [5.41, 5.74) is 1.30. The van der Waals surface area contributed by atoms with E-state index in [1.165, 1.54) is 6.33 Å². The van der Waals surface area contributed by atoms with Gasteiger partial charge < -0.3 is 10.2 Å². The standard InChI is InChI=1S/C15H20N6O2S/c1-11-4-3-7-21(11)15-18-10-17-14(20-15)19-13-6-2-5-12(8-13)9-24(16,22)23/h2,5-6,8,10-11H,3-4,7,9H2,1H3,(H2,16,22,23)(H,17,18,19,20)/t11-/m1/s1. The fraction of sp³-hybridized carbons (Fsp3) is 0.400. The van der Waals surface area contributed by atoms with E-state index < -0.39 is 10.0 Å². The van der Waals surface area contributed by atoms with Crippen LogP contribution >= 0.6 is 0 Å². The van der Waals surface area contributed by atoms with Gasteiger partial charge in [0.1, 0.15) is 6.33 Å². The molecule has 0 spiro atoms. The van der Waals surface area contributed by atoms with Gasteiger partial charge in [0.25, 0.3) is 0 Å². The Morgan fingerprint density at radius 3 is 2.92 bits per heavy atom. The average Bonchev–Trinajstić information content (AvgIpc) is 2.92. The Labute approximate surface area is 141 Å². The molecule has 0 unspecified atom stereocenters. The van der Waals surface area contributed by atoms with Crippen molar-refractivity contribution in [2.45, 2.75) is 31.6 Å². The second-order valence-corrected chi connectivity index (χ2v) is 7.54. The number of nitrogens with one attached hydrogen (secondary N) is 1. The van der Waals surface area contributed by atoms with E-state index in [0.29, 0.717) is 29.2 Å². The van der Waals surface area contributed by atoms with E-state index in [9.17, 15) is 8.42 Å². The molecule has 1 atom stereocenters. The summed E-state index contributed by atoms with van der Waals surface area (Å²) in [6.45, 7) is 3.09. The second kappa shape index (κ2) is 6.70. The number of benzene rings is 1. The van der Waals surface area contributed by atoms with Crippen molar-refractivity contribution in [2.24, 2.45) is 5.14 Å². The van der Waals surface area contributed by atoms with Crippen LogP contribution < -0.4 is 15.4 Å². The fourth-order valence-corrected chi connectivity index (χ4v) is 3.46. The van der Waals surface area contributed by atoms with Gasteiger partial charge >= 0.3 is 0 Å². The van der Waals surface area contributed by atoms with Crippen LogP contribution in [0.2, 0.25) is 0 Å². The maximum absolute atomic E-state index is 11.2. The molecule has 2 heterocycles. The van der Waals surface area contributed by atoms with Crippen molar-refractivity contribution < 1.29 is 8.42 Å². The predicted octanol–water partition coefficient (Wildman–Crippen LogP) is 1.39. The number of aromatic nitrogens is 3. The number of nitrogens with two attached hydrogens (primary N) is 1. The van der Waals surface area contributed by atoms with Gasteiger partial charge in [0, 0.05) is 18.3 Å². The molecule has 0 aliphatic carbocycles. The normalized spacial score (nSPS) is 17.9. The van der Waals surface area contributed by atoms with E-state index >= 15 is 0 Å². The van der Waals surface area contributed by atoms with E-state index in [-0.39, 0.29) is 5.75 Å². The molecule has 2 aromatic rings. The summed E-state index contributed by atoms with van der Waals surface area (Å²) in [4.78, 5) is 15.0. The van der Waals surface area contributed by atoms with Crippen LogP contribution in [0.4, 0.5) is 17.6 Å². The van der Waals surface area contributed by atoms with E-state index in [1.54, 1.807) is 18.2 Å². The molecule has 9 heteroatoms. The van der Waals surface area contributed by atoms with Gasteiger partial charge in [-0.3, -0.25) is 0 Å². The van der Waals surface area contributed by atoms with Crippen LogP contribution in [0.1, 0.15) is 25.3 Å². The number of anilines is 3. The highest BCUT2D eigenvalue weighted by Crippen LogP contribution is 2.23. The Morgan fingerprint density at radius 1 is 1.38 bits per heavy atom. The highest BCUT2D eigenvalue weighted by atomic mass is 32.2. The first-order valence-electron chi connectivity index (χ1n) is 7.73. The molecule has 1 aromatic heterocycles. The lowest BCUT2D eigenvalue weighted by molar-refractivity contribution is 0.597. The predicted molar refractivity (Wildman–Crippen MR) is 92.4 cm³/mol. The molecule has 1 aliphatic heterocycles. The van der Waals surface area contributed by atoms with E-state index in [2.05, 4.69) is 32.1 Å². The molecule has 24 heavy (non-hydrogen) atoms. The van der Waals surface area contributed by atoms with Crippen LogP contribution in [0.3, 0.4) is 0 Å². The Hall–Kier alpha value is -2.26. The first kappa shape index (κ1) is 16.6. The molecular formula is C15H20N6O2S. The minimum absolute atomic E-state index is 0.212. The van der Waals surface area contributed by atoms with Gasteiger partial charge in [0.2, 0.25) is 21.9 Å². The van der Waals surface area contributed by atoms with Crippen LogP contribution in [-0.2, 0) is 15.8 Å². The molecule has 128 valence electrons. The Morgan fingerprint density at radius 2 is 2.21 bits per heavy atom. The average molecular weight is 348 g/mol. The molecule has 0 radical (unpaired) electrons. The molecule has 3 N–H and O–H groups in total. The summed E-state index contributed by atoms with van der Waals surface area (Å²) in [6, 6.07) is 7.41. The third kappa shape index (κ3) is 4.18. The summed E-state index contributed by atoms with van der Waals surface area (Å²) in [7, 11) is -3.57. The maximum atomic E-state index is 11.2. The Kier molecular flexibility index (Phi) is 4.63. The van der Waals surface area contributed by atoms with Gasteiger partial charge in [-0.2, -0.15) is 4.98 Å². The monoisotopic (exact) mass is 348 g/mol. The topological polar surface area (TPSA) is 114 Å². The number of primary sulfonamides is 1. The van der Waals surface area contributed by atoms with E-state index in [1.807, 2.05) is 6.07 Å². The van der Waals surface area contributed by atoms with Gasteiger partial charge in [0.15, 0.2) is 0 Å². The van der Waals surface area contributed by atoms with Crippen molar-refractivity contribution in [1.82, 2.24) is 15.0 Å². The number of hydrogen-bond donors (Lipinski definition) is 2. The van der Waals surface area contributed by atoms with Gasteiger partial charge in [-0.05, 0) is 37.5 Å². The third-order valence-electron chi connectivity index (χ3n) is 3.92. The van der Waals surface area contributed by atoms with Crippen molar-refractivity contribution in [3.8, 4) is 0 Å². The largest absolute Gasteiger partial charge is 0.338 e. The smallest absolute Gasteiger partial charge is 0.231 e. The molecular weight excluding hydrogens is 328 g/mol. The molecule has 0 saturated carbocycles. The van der Waals surface area contributed by atoms with Crippen LogP contribution in [0.25, 0.3) is 0 Å². The molecule has 3 rings (SSSR count). The molecule has 0 amide bonds. The quantitative estimate of drug-likeness (QED) is 0.839. The Bertz CT molecular complexity index is 826. The van der Waals surface area contributed by atoms with Crippen molar-refractivity contribution >= 4 is 27.6 Å². The van der Waals surface area contributed by atoms with Gasteiger partial charge in [0.05, 0.1) is 5.75 Å². The Balaban J connectivity index is 1.78. The lowest BCUT2D eigenvalue weighted by Crippen LogP contribution is -2.28. The van der Waals surface area contributed by atoms with Gasteiger partial charge in [-0.15, -0.1) is 0 Å². The highest BCUT2D eigenvalue weighted by molar-refractivity contribution is 7.88. The van der Waals surface area contributed by atoms with Crippen LogP contribution in [-0.4, -0.2) is 36.0 Å². The molecule has 0 bridgehead atoms. The zero-order chi connectivity index (χ0) is 17.2. The minimum atomic E-state index is -3.57. The van der Waals surface area contributed by atoms with Crippen molar-refractivity contribution in [3.63, 3.8) is 0 Å². The van der Waals surface area contributed by atoms with Crippen LogP contribution in [0.5, 0.6) is 0 Å². The molecule has 1 fully saturated rings.